The van der Waals surface area contributed by atoms with Crippen LogP contribution in [0.3, 0.4) is 0 Å². The first-order valence-electron chi connectivity index (χ1n) is 7.32. The Kier molecular flexibility index (Phi) is 4.05. The Bertz CT molecular complexity index is 980. The van der Waals surface area contributed by atoms with E-state index < -0.39 is 5.82 Å². The van der Waals surface area contributed by atoms with E-state index in [2.05, 4.69) is 20.3 Å². The highest BCUT2D eigenvalue weighted by atomic mass is 19.1. The fourth-order valence-corrected chi connectivity index (χ4v) is 2.42. The third-order valence-electron chi connectivity index (χ3n) is 3.69. The normalized spacial score (nSPS) is 10.7. The van der Waals surface area contributed by atoms with E-state index in [0.717, 1.165) is 12.3 Å². The fourth-order valence-electron chi connectivity index (χ4n) is 2.42. The zero-order valence-corrected chi connectivity index (χ0v) is 13.6. The molecule has 1 amide bonds. The van der Waals surface area contributed by atoms with Crippen LogP contribution in [0.2, 0.25) is 0 Å². The molecule has 2 heterocycles. The monoisotopic (exact) mass is 341 g/mol. The Labute approximate surface area is 142 Å². The average Bonchev–Trinajstić information content (AvgIpc) is 3.01. The molecule has 0 aliphatic rings. The van der Waals surface area contributed by atoms with Crippen LogP contribution in [0.4, 0.5) is 21.6 Å². The van der Waals surface area contributed by atoms with Crippen LogP contribution in [0.5, 0.6) is 0 Å². The molecule has 9 heteroatoms. The molecule has 0 unspecified atom stereocenters. The van der Waals surface area contributed by atoms with Gasteiger partial charge in [0.2, 0.25) is 0 Å². The minimum atomic E-state index is -0.592. The van der Waals surface area contributed by atoms with Crippen LogP contribution in [0.15, 0.2) is 24.7 Å². The van der Waals surface area contributed by atoms with Crippen molar-refractivity contribution in [3.63, 3.8) is 0 Å². The maximum Gasteiger partial charge on any atom is 0.255 e. The van der Waals surface area contributed by atoms with Crippen molar-refractivity contribution in [2.75, 3.05) is 25.1 Å². The second-order valence-corrected chi connectivity index (χ2v) is 5.58. The number of anilines is 3. The van der Waals surface area contributed by atoms with Crippen molar-refractivity contribution in [1.82, 2.24) is 19.9 Å². The number of aromatic nitrogens is 3. The van der Waals surface area contributed by atoms with Gasteiger partial charge in [0.05, 0.1) is 16.6 Å². The second-order valence-electron chi connectivity index (χ2n) is 5.58. The van der Waals surface area contributed by atoms with Crippen LogP contribution >= 0.6 is 0 Å². The summed E-state index contributed by atoms with van der Waals surface area (Å²) in [5, 5.41) is 10.7. The lowest BCUT2D eigenvalue weighted by molar-refractivity contribution is 0.0829. The number of carbonyl (C=O) groups is 1. The molecule has 128 valence electrons. The summed E-state index contributed by atoms with van der Waals surface area (Å²) in [6.45, 7) is 0. The van der Waals surface area contributed by atoms with Crippen molar-refractivity contribution in [3.8, 4) is 0 Å². The standard InChI is InChI=1S/C16H16FN7O/c1-24(2)16(25)9-6-20-14-13(9)15(22-7-21-14)23-12-3-8(5-18)11(19)4-10(12)17/h3-7,18H,19H2,1-2H3,(H2,20,21,22,23). The molecule has 0 aliphatic carbocycles. The van der Waals surface area contributed by atoms with Gasteiger partial charge >= 0.3 is 0 Å². The summed E-state index contributed by atoms with van der Waals surface area (Å²) in [7, 11) is 3.27. The number of rotatable bonds is 4. The first kappa shape index (κ1) is 16.4. The summed E-state index contributed by atoms with van der Waals surface area (Å²) in [5.74, 6) is -0.552. The Morgan fingerprint density at radius 3 is 2.84 bits per heavy atom. The second kappa shape index (κ2) is 6.19. The Morgan fingerprint density at radius 1 is 1.40 bits per heavy atom. The molecule has 0 aliphatic heterocycles. The number of nitrogen functional groups attached to an aromatic ring is 1. The van der Waals surface area contributed by atoms with Crippen molar-refractivity contribution in [2.24, 2.45) is 0 Å². The Hall–Kier alpha value is -3.49. The number of amides is 1. The molecule has 0 spiro atoms. The molecule has 0 saturated carbocycles. The minimum Gasteiger partial charge on any atom is -0.398 e. The topological polar surface area (TPSA) is 124 Å². The number of hydrogen-bond donors (Lipinski definition) is 4. The molecule has 0 radical (unpaired) electrons. The zero-order valence-electron chi connectivity index (χ0n) is 13.6. The number of nitrogens with one attached hydrogen (secondary N) is 3. The Morgan fingerprint density at radius 2 is 2.16 bits per heavy atom. The largest absolute Gasteiger partial charge is 0.398 e. The van der Waals surface area contributed by atoms with Crippen molar-refractivity contribution >= 4 is 40.3 Å². The Balaban J connectivity index is 2.13. The van der Waals surface area contributed by atoms with Gasteiger partial charge in [-0.05, 0) is 12.1 Å². The van der Waals surface area contributed by atoms with Crippen LogP contribution in [0.25, 0.3) is 11.0 Å². The lowest BCUT2D eigenvalue weighted by Gasteiger charge is -2.12. The number of aromatic amines is 1. The van der Waals surface area contributed by atoms with Gasteiger partial charge in [0.25, 0.3) is 5.91 Å². The first-order chi connectivity index (χ1) is 11.9. The van der Waals surface area contributed by atoms with Crippen molar-refractivity contribution in [1.29, 1.82) is 5.41 Å². The minimum absolute atomic E-state index is 0.0946. The number of benzene rings is 1. The van der Waals surface area contributed by atoms with Crippen molar-refractivity contribution < 1.29 is 9.18 Å². The van der Waals surface area contributed by atoms with Gasteiger partial charge in [0.1, 0.15) is 23.6 Å². The van der Waals surface area contributed by atoms with E-state index in [1.807, 2.05) is 0 Å². The molecule has 1 aromatic carbocycles. The van der Waals surface area contributed by atoms with E-state index in [1.165, 1.54) is 23.5 Å². The summed E-state index contributed by atoms with van der Waals surface area (Å²) in [6, 6.07) is 2.54. The SMILES string of the molecule is CN(C)C(=O)c1c[nH]c2ncnc(Nc3cc(C=N)c(N)cc3F)c12. The predicted octanol–water partition coefficient (Wildman–Crippen LogP) is 2.12. The molecule has 3 rings (SSSR count). The number of nitrogens with two attached hydrogens (primary N) is 1. The van der Waals surface area contributed by atoms with E-state index >= 15 is 0 Å². The number of H-pyrrole nitrogens is 1. The molecule has 2 aromatic heterocycles. The van der Waals surface area contributed by atoms with Gasteiger partial charge < -0.3 is 26.3 Å². The number of fused-ring (bicyclic) bond motifs is 1. The van der Waals surface area contributed by atoms with E-state index in [4.69, 9.17) is 11.1 Å². The van der Waals surface area contributed by atoms with E-state index in [1.54, 1.807) is 14.1 Å². The molecular weight excluding hydrogens is 325 g/mol. The average molecular weight is 341 g/mol. The van der Waals surface area contributed by atoms with Gasteiger partial charge in [0, 0.05) is 37.8 Å². The summed E-state index contributed by atoms with van der Waals surface area (Å²) in [5.41, 5.74) is 7.11. The van der Waals surface area contributed by atoms with Gasteiger partial charge in [-0.3, -0.25) is 4.79 Å². The first-order valence-corrected chi connectivity index (χ1v) is 7.32. The third-order valence-corrected chi connectivity index (χ3v) is 3.69. The van der Waals surface area contributed by atoms with E-state index in [0.29, 0.717) is 22.2 Å². The van der Waals surface area contributed by atoms with Gasteiger partial charge in [-0.1, -0.05) is 0 Å². The molecule has 0 saturated heterocycles. The van der Waals surface area contributed by atoms with E-state index in [9.17, 15) is 9.18 Å². The molecule has 0 bridgehead atoms. The highest BCUT2D eigenvalue weighted by Crippen LogP contribution is 2.29. The predicted molar refractivity (Wildman–Crippen MR) is 93.9 cm³/mol. The molecule has 25 heavy (non-hydrogen) atoms. The smallest absolute Gasteiger partial charge is 0.255 e. The van der Waals surface area contributed by atoms with Crippen LogP contribution in [-0.4, -0.2) is 46.1 Å². The lowest BCUT2D eigenvalue weighted by atomic mass is 10.1. The molecule has 8 nitrogen and oxygen atoms in total. The number of halogens is 1. The van der Waals surface area contributed by atoms with Gasteiger partial charge in [-0.15, -0.1) is 0 Å². The van der Waals surface area contributed by atoms with Crippen molar-refractivity contribution in [2.45, 2.75) is 0 Å². The van der Waals surface area contributed by atoms with Crippen molar-refractivity contribution in [3.05, 3.63) is 41.6 Å². The molecule has 5 N–H and O–H groups in total. The molecular formula is C16H16FN7O. The van der Waals surface area contributed by atoms with Crippen LogP contribution < -0.4 is 11.1 Å². The molecule has 0 atom stereocenters. The van der Waals surface area contributed by atoms with E-state index in [-0.39, 0.29) is 23.1 Å². The highest BCUT2D eigenvalue weighted by molar-refractivity contribution is 6.09. The maximum atomic E-state index is 14.2. The number of nitrogens with zero attached hydrogens (tertiary/aromatic N) is 3. The highest BCUT2D eigenvalue weighted by Gasteiger charge is 2.19. The quantitative estimate of drug-likeness (QED) is 0.427. The maximum absolute atomic E-state index is 14.2. The summed E-state index contributed by atoms with van der Waals surface area (Å²) < 4.78 is 14.2. The zero-order chi connectivity index (χ0) is 18.1. The number of carbonyl (C=O) groups excluding carboxylic acids is 1. The van der Waals surface area contributed by atoms with Gasteiger partial charge in [-0.25, -0.2) is 14.4 Å². The lowest BCUT2D eigenvalue weighted by Crippen LogP contribution is -2.21. The molecule has 0 fully saturated rings. The summed E-state index contributed by atoms with van der Waals surface area (Å²) in [6.07, 6.45) is 3.87. The molecule has 3 aromatic rings. The number of hydrogen-bond acceptors (Lipinski definition) is 6. The summed E-state index contributed by atoms with van der Waals surface area (Å²) >= 11 is 0. The fraction of sp³-hybridized carbons (Fsp3) is 0.125. The summed E-state index contributed by atoms with van der Waals surface area (Å²) in [4.78, 5) is 24.9. The van der Waals surface area contributed by atoms with Gasteiger partial charge in [0.15, 0.2) is 0 Å². The van der Waals surface area contributed by atoms with Crippen LogP contribution in [-0.2, 0) is 0 Å². The third kappa shape index (κ3) is 2.87. The van der Waals surface area contributed by atoms with Crippen LogP contribution in [0.1, 0.15) is 15.9 Å². The van der Waals surface area contributed by atoms with Crippen LogP contribution in [0, 0.1) is 11.2 Å². The van der Waals surface area contributed by atoms with Gasteiger partial charge in [-0.2, -0.15) is 0 Å².